The van der Waals surface area contributed by atoms with Crippen LogP contribution in [0.25, 0.3) is 32.9 Å². The fourth-order valence-corrected chi connectivity index (χ4v) is 3.62. The number of aromatic nitrogens is 3. The van der Waals surface area contributed by atoms with Gasteiger partial charge >= 0.3 is 6.01 Å². The standard InChI is InChI=1S/C21H19FN4O3/c1-4-12-14(22)6-5-10-7-11(27)8-13(17(10)12)15-9-16-18(20(28)24-15)19(23-2)26-21(25-16)29-3/h5-9,27H,4H2,1-3H3,(H,24,28)(H,23,25,26). The van der Waals surface area contributed by atoms with Crippen LogP contribution in [-0.4, -0.2) is 34.2 Å². The second-order valence-electron chi connectivity index (χ2n) is 6.55. The fraction of sp³-hybridized carbons (Fsp3) is 0.190. The quantitative estimate of drug-likeness (QED) is 0.489. The highest BCUT2D eigenvalue weighted by Gasteiger charge is 2.17. The molecular formula is C21H19FN4O3. The van der Waals surface area contributed by atoms with Gasteiger partial charge in [-0.2, -0.15) is 9.97 Å². The summed E-state index contributed by atoms with van der Waals surface area (Å²) in [5.74, 6) is 0.00976. The molecule has 148 valence electrons. The van der Waals surface area contributed by atoms with Gasteiger partial charge in [0.25, 0.3) is 5.56 Å². The van der Waals surface area contributed by atoms with Gasteiger partial charge in [-0.3, -0.25) is 4.79 Å². The van der Waals surface area contributed by atoms with Crippen LogP contribution in [0.3, 0.4) is 0 Å². The van der Waals surface area contributed by atoms with E-state index in [4.69, 9.17) is 4.74 Å². The van der Waals surface area contributed by atoms with Crippen LogP contribution in [0, 0.1) is 5.82 Å². The van der Waals surface area contributed by atoms with Gasteiger partial charge in [0.15, 0.2) is 0 Å². The van der Waals surface area contributed by atoms with Crippen LogP contribution in [0.1, 0.15) is 12.5 Å². The average molecular weight is 394 g/mol. The summed E-state index contributed by atoms with van der Waals surface area (Å²) >= 11 is 0. The highest BCUT2D eigenvalue weighted by Crippen LogP contribution is 2.36. The third-order valence-electron chi connectivity index (χ3n) is 4.89. The number of anilines is 1. The number of aryl methyl sites for hydroxylation is 1. The summed E-state index contributed by atoms with van der Waals surface area (Å²) in [6, 6.07) is 7.84. The molecule has 0 saturated carbocycles. The number of phenols is 1. The number of aromatic hydroxyl groups is 1. The number of fused-ring (bicyclic) bond motifs is 2. The van der Waals surface area contributed by atoms with Gasteiger partial charge < -0.3 is 20.1 Å². The summed E-state index contributed by atoms with van der Waals surface area (Å²) in [5.41, 5.74) is 1.39. The Balaban J connectivity index is 2.11. The van der Waals surface area contributed by atoms with E-state index in [0.717, 1.165) is 0 Å². The monoisotopic (exact) mass is 394 g/mol. The Morgan fingerprint density at radius 1 is 1.21 bits per heavy atom. The smallest absolute Gasteiger partial charge is 0.318 e. The number of ether oxygens (including phenoxy) is 1. The highest BCUT2D eigenvalue weighted by molar-refractivity contribution is 6.01. The van der Waals surface area contributed by atoms with Crippen molar-refractivity contribution in [2.75, 3.05) is 19.5 Å². The number of rotatable bonds is 4. The molecule has 8 heteroatoms. The van der Waals surface area contributed by atoms with Gasteiger partial charge in [-0.15, -0.1) is 0 Å². The van der Waals surface area contributed by atoms with Crippen molar-refractivity contribution in [3.63, 3.8) is 0 Å². The molecule has 0 aliphatic rings. The molecule has 0 aliphatic carbocycles. The lowest BCUT2D eigenvalue weighted by Crippen LogP contribution is -2.12. The molecule has 2 aromatic carbocycles. The minimum atomic E-state index is -0.407. The number of methoxy groups -OCH3 is 1. The Morgan fingerprint density at radius 2 is 2.00 bits per heavy atom. The molecule has 0 spiro atoms. The van der Waals surface area contributed by atoms with Gasteiger partial charge in [0.05, 0.1) is 18.3 Å². The van der Waals surface area contributed by atoms with Crippen LogP contribution >= 0.6 is 0 Å². The fourth-order valence-electron chi connectivity index (χ4n) is 3.62. The molecule has 0 fully saturated rings. The Bertz CT molecular complexity index is 1320. The molecule has 7 nitrogen and oxygen atoms in total. The Morgan fingerprint density at radius 3 is 2.69 bits per heavy atom. The number of hydrogen-bond acceptors (Lipinski definition) is 6. The maximum absolute atomic E-state index is 14.5. The molecule has 4 rings (SSSR count). The number of hydrogen-bond donors (Lipinski definition) is 3. The molecule has 2 aromatic heterocycles. The van der Waals surface area contributed by atoms with E-state index in [0.29, 0.717) is 45.3 Å². The van der Waals surface area contributed by atoms with Gasteiger partial charge in [-0.05, 0) is 47.0 Å². The molecule has 4 aromatic rings. The lowest BCUT2D eigenvalue weighted by Gasteiger charge is -2.14. The van der Waals surface area contributed by atoms with Crippen LogP contribution in [0.15, 0.2) is 35.1 Å². The summed E-state index contributed by atoms with van der Waals surface area (Å²) in [6.45, 7) is 1.86. The number of pyridine rings is 1. The predicted octanol–water partition coefficient (Wildman–Crippen LogP) is 3.60. The van der Waals surface area contributed by atoms with E-state index in [1.165, 1.54) is 19.2 Å². The summed E-state index contributed by atoms with van der Waals surface area (Å²) in [7, 11) is 3.08. The highest BCUT2D eigenvalue weighted by atomic mass is 19.1. The zero-order valence-electron chi connectivity index (χ0n) is 16.1. The van der Waals surface area contributed by atoms with Gasteiger partial charge in [0.1, 0.15) is 22.8 Å². The minimum Gasteiger partial charge on any atom is -0.508 e. The minimum absolute atomic E-state index is 0.0123. The van der Waals surface area contributed by atoms with Gasteiger partial charge in [0, 0.05) is 12.6 Å². The van der Waals surface area contributed by atoms with Crippen LogP contribution in [0.4, 0.5) is 10.2 Å². The van der Waals surface area contributed by atoms with Crippen LogP contribution in [0.2, 0.25) is 0 Å². The molecule has 0 saturated heterocycles. The topological polar surface area (TPSA) is 100 Å². The number of H-pyrrole nitrogens is 1. The summed E-state index contributed by atoms with van der Waals surface area (Å²) < 4.78 is 19.6. The van der Waals surface area contributed by atoms with Gasteiger partial charge in [-0.1, -0.05) is 13.0 Å². The Labute approximate surface area is 165 Å². The molecule has 0 radical (unpaired) electrons. The molecule has 3 N–H and O–H groups in total. The molecule has 0 atom stereocenters. The lowest BCUT2D eigenvalue weighted by molar-refractivity contribution is 0.382. The van der Waals surface area contributed by atoms with Crippen molar-refractivity contribution in [3.8, 4) is 23.0 Å². The SMILES string of the molecule is CCc1c(F)ccc2cc(O)cc(-c3cc4nc(OC)nc(NC)c4c(=O)[nH]3)c12. The van der Waals surface area contributed by atoms with E-state index < -0.39 is 5.56 Å². The molecule has 0 amide bonds. The van der Waals surface area contributed by atoms with Gasteiger partial charge in [0.2, 0.25) is 0 Å². The molecule has 29 heavy (non-hydrogen) atoms. The normalized spacial score (nSPS) is 11.2. The Hall–Kier alpha value is -3.68. The Kier molecular flexibility index (Phi) is 4.54. The molecular weight excluding hydrogens is 375 g/mol. The summed E-state index contributed by atoms with van der Waals surface area (Å²) in [4.78, 5) is 24.1. The second kappa shape index (κ2) is 7.05. The van der Waals surface area contributed by atoms with E-state index in [2.05, 4.69) is 20.3 Å². The van der Waals surface area contributed by atoms with Crippen molar-refractivity contribution < 1.29 is 14.2 Å². The van der Waals surface area contributed by atoms with Crippen LogP contribution in [-0.2, 0) is 6.42 Å². The molecule has 0 unspecified atom stereocenters. The average Bonchev–Trinajstić information content (AvgIpc) is 2.72. The van der Waals surface area contributed by atoms with E-state index in [1.807, 2.05) is 6.92 Å². The number of benzene rings is 2. The van der Waals surface area contributed by atoms with Crippen molar-refractivity contribution >= 4 is 27.5 Å². The lowest BCUT2D eigenvalue weighted by atomic mass is 9.94. The molecule has 2 heterocycles. The van der Waals surface area contributed by atoms with Gasteiger partial charge in [-0.25, -0.2) is 4.39 Å². The first-order chi connectivity index (χ1) is 14.0. The third-order valence-corrected chi connectivity index (χ3v) is 4.89. The first kappa shape index (κ1) is 18.7. The summed E-state index contributed by atoms with van der Waals surface area (Å²) in [6.07, 6.45) is 0.457. The van der Waals surface area contributed by atoms with Crippen molar-refractivity contribution in [2.45, 2.75) is 13.3 Å². The van der Waals surface area contributed by atoms with E-state index >= 15 is 0 Å². The van der Waals surface area contributed by atoms with E-state index in [9.17, 15) is 14.3 Å². The van der Waals surface area contributed by atoms with Crippen LogP contribution < -0.4 is 15.6 Å². The second-order valence-corrected chi connectivity index (χ2v) is 6.55. The van der Waals surface area contributed by atoms with Crippen LogP contribution in [0.5, 0.6) is 11.8 Å². The van der Waals surface area contributed by atoms with E-state index in [-0.39, 0.29) is 23.0 Å². The zero-order chi connectivity index (χ0) is 20.7. The largest absolute Gasteiger partial charge is 0.508 e. The maximum Gasteiger partial charge on any atom is 0.318 e. The number of halogens is 1. The third kappa shape index (κ3) is 3.02. The zero-order valence-corrected chi connectivity index (χ0v) is 16.1. The number of phenolic OH excluding ortho intramolecular Hbond substituents is 1. The van der Waals surface area contributed by atoms with Crippen molar-refractivity contribution in [3.05, 3.63) is 52.1 Å². The van der Waals surface area contributed by atoms with E-state index in [1.54, 1.807) is 25.2 Å². The number of nitrogens with zero attached hydrogens (tertiary/aromatic N) is 2. The first-order valence-corrected chi connectivity index (χ1v) is 9.08. The summed E-state index contributed by atoms with van der Waals surface area (Å²) in [5, 5.41) is 14.7. The van der Waals surface area contributed by atoms with Crippen molar-refractivity contribution in [1.29, 1.82) is 0 Å². The first-order valence-electron chi connectivity index (χ1n) is 9.08. The number of aromatic amines is 1. The maximum atomic E-state index is 14.5. The molecule has 0 aliphatic heterocycles. The molecule has 0 bridgehead atoms. The van der Waals surface area contributed by atoms with Crippen molar-refractivity contribution in [1.82, 2.24) is 15.0 Å². The predicted molar refractivity (Wildman–Crippen MR) is 110 cm³/mol. The number of nitrogens with one attached hydrogen (secondary N) is 2. The van der Waals surface area contributed by atoms with Crippen molar-refractivity contribution in [2.24, 2.45) is 0 Å².